The van der Waals surface area contributed by atoms with E-state index in [0.717, 1.165) is 12.8 Å². The molecule has 5 nitrogen and oxygen atoms in total. The van der Waals surface area contributed by atoms with E-state index >= 15 is 0 Å². The Hall–Kier alpha value is -0.650. The zero-order chi connectivity index (χ0) is 11.0. The van der Waals surface area contributed by atoms with Gasteiger partial charge in [0.15, 0.2) is 0 Å². The summed E-state index contributed by atoms with van der Waals surface area (Å²) in [6.45, 7) is 3.21. The van der Waals surface area contributed by atoms with Crippen molar-refractivity contribution >= 4 is 5.91 Å². The zero-order valence-corrected chi connectivity index (χ0v) is 8.99. The van der Waals surface area contributed by atoms with E-state index in [4.69, 9.17) is 10.8 Å². The molecule has 0 spiro atoms. The number of likely N-dealkylation sites (N-methyl/N-ethyl adjacent to an activating group) is 1. The summed E-state index contributed by atoms with van der Waals surface area (Å²) in [6, 6.07) is 0. The van der Waals surface area contributed by atoms with Crippen molar-refractivity contribution in [2.75, 3.05) is 26.7 Å². The van der Waals surface area contributed by atoms with Gasteiger partial charge in [-0.3, -0.25) is 4.79 Å². The van der Waals surface area contributed by atoms with E-state index in [-0.39, 0.29) is 19.0 Å². The Balaban J connectivity index is 4.01. The second-order valence-electron chi connectivity index (χ2n) is 3.29. The minimum absolute atomic E-state index is 0.0227. The highest BCUT2D eigenvalue weighted by Crippen LogP contribution is 1.96. The van der Waals surface area contributed by atoms with Gasteiger partial charge in [0.05, 0.1) is 13.1 Å². The number of hydrogen-bond donors (Lipinski definition) is 3. The van der Waals surface area contributed by atoms with Crippen LogP contribution >= 0.6 is 0 Å². The highest BCUT2D eigenvalue weighted by Gasteiger charge is 2.13. The third-order valence-electron chi connectivity index (χ3n) is 1.87. The number of unbranched alkanes of at least 4 members (excludes halogenated alkanes) is 1. The molecule has 1 unspecified atom stereocenters. The van der Waals surface area contributed by atoms with Gasteiger partial charge in [0, 0.05) is 6.54 Å². The summed E-state index contributed by atoms with van der Waals surface area (Å²) in [5.41, 5.74) is 5.24. The Morgan fingerprint density at radius 1 is 1.64 bits per heavy atom. The molecule has 14 heavy (non-hydrogen) atoms. The fourth-order valence-electron chi connectivity index (χ4n) is 1.16. The van der Waals surface area contributed by atoms with E-state index < -0.39 is 6.23 Å². The average molecular weight is 203 g/mol. The van der Waals surface area contributed by atoms with Gasteiger partial charge in [0.2, 0.25) is 5.91 Å². The maximum atomic E-state index is 11.5. The van der Waals surface area contributed by atoms with E-state index in [0.29, 0.717) is 6.54 Å². The predicted molar refractivity (Wildman–Crippen MR) is 55.6 cm³/mol. The number of nitrogens with zero attached hydrogens (tertiary/aromatic N) is 1. The maximum absolute atomic E-state index is 11.5. The molecule has 0 aromatic carbocycles. The number of nitrogens with one attached hydrogen (secondary N) is 1. The van der Waals surface area contributed by atoms with Crippen molar-refractivity contribution in [2.24, 2.45) is 5.73 Å². The van der Waals surface area contributed by atoms with Crippen LogP contribution in [0.15, 0.2) is 0 Å². The third-order valence-corrected chi connectivity index (χ3v) is 1.87. The molecule has 0 fully saturated rings. The van der Waals surface area contributed by atoms with Crippen molar-refractivity contribution in [2.45, 2.75) is 26.0 Å². The first kappa shape index (κ1) is 13.4. The fraction of sp³-hybridized carbons (Fsp3) is 0.889. The molecular formula is C9H21N3O2. The van der Waals surface area contributed by atoms with Gasteiger partial charge in [-0.2, -0.15) is 0 Å². The number of rotatable bonds is 7. The highest BCUT2D eigenvalue weighted by molar-refractivity contribution is 5.78. The largest absolute Gasteiger partial charge is 0.377 e. The van der Waals surface area contributed by atoms with Crippen LogP contribution in [0.5, 0.6) is 0 Å². The summed E-state index contributed by atoms with van der Waals surface area (Å²) in [5, 5.41) is 11.8. The van der Waals surface area contributed by atoms with Gasteiger partial charge in [-0.25, -0.2) is 0 Å². The second-order valence-corrected chi connectivity index (χ2v) is 3.29. The van der Waals surface area contributed by atoms with Gasteiger partial charge in [0.25, 0.3) is 0 Å². The first-order valence-corrected chi connectivity index (χ1v) is 4.97. The first-order chi connectivity index (χ1) is 6.61. The monoisotopic (exact) mass is 203 g/mol. The molecule has 1 amide bonds. The van der Waals surface area contributed by atoms with Crippen LogP contribution in [0.1, 0.15) is 19.8 Å². The molecule has 0 saturated heterocycles. The standard InChI is InChI=1S/C9H21N3O2/c1-3-4-5-12(7-8(10)13)9(14)6-11-2/h8,11,13H,3-7,10H2,1-2H3. The molecule has 1 atom stereocenters. The third kappa shape index (κ3) is 5.90. The predicted octanol–water partition coefficient (Wildman–Crippen LogP) is -0.888. The van der Waals surface area contributed by atoms with Gasteiger partial charge >= 0.3 is 0 Å². The minimum Gasteiger partial charge on any atom is -0.377 e. The fourth-order valence-corrected chi connectivity index (χ4v) is 1.16. The number of aliphatic hydroxyl groups is 1. The molecule has 0 aromatic heterocycles. The Labute approximate surface area is 85.3 Å². The summed E-state index contributed by atoms with van der Waals surface area (Å²) < 4.78 is 0. The van der Waals surface area contributed by atoms with Crippen molar-refractivity contribution in [3.63, 3.8) is 0 Å². The molecule has 0 bridgehead atoms. The molecule has 0 heterocycles. The van der Waals surface area contributed by atoms with Crippen LogP contribution < -0.4 is 11.1 Å². The number of nitrogens with two attached hydrogens (primary N) is 1. The number of amides is 1. The number of carbonyl (C=O) groups excluding carboxylic acids is 1. The highest BCUT2D eigenvalue weighted by atomic mass is 16.3. The van der Waals surface area contributed by atoms with Crippen LogP contribution in [0.3, 0.4) is 0 Å². The lowest BCUT2D eigenvalue weighted by atomic mass is 10.3. The van der Waals surface area contributed by atoms with Crippen molar-refractivity contribution in [1.29, 1.82) is 0 Å². The quantitative estimate of drug-likeness (QED) is 0.469. The van der Waals surface area contributed by atoms with Crippen molar-refractivity contribution in [1.82, 2.24) is 10.2 Å². The van der Waals surface area contributed by atoms with E-state index in [1.807, 2.05) is 0 Å². The molecule has 84 valence electrons. The summed E-state index contributed by atoms with van der Waals surface area (Å²) in [5.74, 6) is -0.0227. The van der Waals surface area contributed by atoms with Gasteiger partial charge in [-0.15, -0.1) is 0 Å². The summed E-state index contributed by atoms with van der Waals surface area (Å²) in [4.78, 5) is 13.1. The zero-order valence-electron chi connectivity index (χ0n) is 8.99. The second kappa shape index (κ2) is 7.73. The van der Waals surface area contributed by atoms with Gasteiger partial charge < -0.3 is 21.1 Å². The van der Waals surface area contributed by atoms with Gasteiger partial charge in [-0.05, 0) is 13.5 Å². The van der Waals surface area contributed by atoms with Crippen LogP contribution in [-0.4, -0.2) is 48.8 Å². The summed E-state index contributed by atoms with van der Waals surface area (Å²) >= 11 is 0. The molecule has 5 heteroatoms. The topological polar surface area (TPSA) is 78.6 Å². The lowest BCUT2D eigenvalue weighted by Crippen LogP contribution is -2.44. The lowest BCUT2D eigenvalue weighted by molar-refractivity contribution is -0.131. The maximum Gasteiger partial charge on any atom is 0.236 e. The number of aliphatic hydroxyl groups excluding tert-OH is 1. The molecule has 0 aliphatic carbocycles. The van der Waals surface area contributed by atoms with Crippen LogP contribution in [0.25, 0.3) is 0 Å². The molecule has 0 rings (SSSR count). The van der Waals surface area contributed by atoms with E-state index in [1.54, 1.807) is 11.9 Å². The normalized spacial score (nSPS) is 12.6. The molecule has 4 N–H and O–H groups in total. The molecule has 0 aliphatic heterocycles. The average Bonchev–Trinajstić information content (AvgIpc) is 2.12. The Bertz CT molecular complexity index is 162. The van der Waals surface area contributed by atoms with E-state index in [1.165, 1.54) is 0 Å². The van der Waals surface area contributed by atoms with Crippen LogP contribution in [0, 0.1) is 0 Å². The summed E-state index contributed by atoms with van der Waals surface area (Å²) in [6.07, 6.45) is 0.999. The van der Waals surface area contributed by atoms with Gasteiger partial charge in [0.1, 0.15) is 6.23 Å². The lowest BCUT2D eigenvalue weighted by Gasteiger charge is -2.23. The Kier molecular flexibility index (Phi) is 7.37. The van der Waals surface area contributed by atoms with Crippen LogP contribution in [0.2, 0.25) is 0 Å². The Morgan fingerprint density at radius 2 is 2.29 bits per heavy atom. The first-order valence-electron chi connectivity index (χ1n) is 4.97. The molecular weight excluding hydrogens is 182 g/mol. The number of carbonyl (C=O) groups is 1. The summed E-state index contributed by atoms with van der Waals surface area (Å²) in [7, 11) is 1.72. The molecule has 0 radical (unpaired) electrons. The molecule has 0 aromatic rings. The van der Waals surface area contributed by atoms with E-state index in [2.05, 4.69) is 12.2 Å². The Morgan fingerprint density at radius 3 is 2.71 bits per heavy atom. The SMILES string of the molecule is CCCCN(CC(N)O)C(=O)CNC. The van der Waals surface area contributed by atoms with Crippen molar-refractivity contribution in [3.8, 4) is 0 Å². The molecule has 0 saturated carbocycles. The van der Waals surface area contributed by atoms with Gasteiger partial charge in [-0.1, -0.05) is 13.3 Å². The molecule has 0 aliphatic rings. The van der Waals surface area contributed by atoms with Crippen molar-refractivity contribution < 1.29 is 9.90 Å². The van der Waals surface area contributed by atoms with E-state index in [9.17, 15) is 4.79 Å². The minimum atomic E-state index is -0.951. The van der Waals surface area contributed by atoms with Crippen molar-refractivity contribution in [3.05, 3.63) is 0 Å². The van der Waals surface area contributed by atoms with Crippen LogP contribution in [-0.2, 0) is 4.79 Å². The smallest absolute Gasteiger partial charge is 0.236 e. The van der Waals surface area contributed by atoms with Crippen LogP contribution in [0.4, 0.5) is 0 Å². The number of hydrogen-bond acceptors (Lipinski definition) is 4.